The third kappa shape index (κ3) is 3.78. The Labute approximate surface area is 122 Å². The fraction of sp³-hybridized carbons (Fsp3) is 0.750. The number of rotatable bonds is 6. The van der Waals surface area contributed by atoms with Gasteiger partial charge in [0.2, 0.25) is 5.91 Å². The molecule has 1 heterocycles. The molecule has 1 fully saturated rings. The number of carbonyl (C=O) groups is 3. The van der Waals surface area contributed by atoms with Crippen LogP contribution in [0.4, 0.5) is 4.79 Å². The third-order valence-corrected chi connectivity index (χ3v) is 3.94. The molecule has 20 heavy (non-hydrogen) atoms. The highest BCUT2D eigenvalue weighted by Gasteiger charge is 2.49. The number of amides is 3. The van der Waals surface area contributed by atoms with Crippen molar-refractivity contribution in [1.29, 1.82) is 0 Å². The maximum Gasteiger partial charge on any atom is 0.315 e. The SMILES string of the molecule is COC(=O)C1(C)CN(C(=O)[C@@H](CCSC)NC(N)=O)C1. The van der Waals surface area contributed by atoms with Gasteiger partial charge in [-0.3, -0.25) is 9.59 Å². The van der Waals surface area contributed by atoms with Crippen molar-refractivity contribution in [2.45, 2.75) is 19.4 Å². The lowest BCUT2D eigenvalue weighted by atomic mass is 9.81. The topological polar surface area (TPSA) is 102 Å². The first-order chi connectivity index (χ1) is 9.34. The number of nitrogens with zero attached hydrogens (tertiary/aromatic N) is 1. The van der Waals surface area contributed by atoms with Gasteiger partial charge in [-0.2, -0.15) is 11.8 Å². The molecule has 0 aromatic carbocycles. The summed E-state index contributed by atoms with van der Waals surface area (Å²) in [4.78, 5) is 36.3. The van der Waals surface area contributed by atoms with Gasteiger partial charge in [0.05, 0.1) is 7.11 Å². The van der Waals surface area contributed by atoms with E-state index >= 15 is 0 Å². The molecule has 0 unspecified atom stereocenters. The highest BCUT2D eigenvalue weighted by Crippen LogP contribution is 2.31. The molecular weight excluding hydrogens is 282 g/mol. The number of likely N-dealkylation sites (tertiary alicyclic amines) is 1. The van der Waals surface area contributed by atoms with Crippen molar-refractivity contribution in [3.8, 4) is 0 Å². The molecule has 1 aliphatic rings. The summed E-state index contributed by atoms with van der Waals surface area (Å²) < 4.78 is 4.71. The number of primary amides is 1. The van der Waals surface area contributed by atoms with Crippen LogP contribution in [0.2, 0.25) is 0 Å². The van der Waals surface area contributed by atoms with Gasteiger partial charge in [-0.15, -0.1) is 0 Å². The number of carbonyl (C=O) groups excluding carboxylic acids is 3. The molecule has 0 aromatic rings. The van der Waals surface area contributed by atoms with E-state index in [0.717, 1.165) is 5.75 Å². The van der Waals surface area contributed by atoms with E-state index in [1.54, 1.807) is 18.7 Å². The van der Waals surface area contributed by atoms with Crippen LogP contribution in [0.5, 0.6) is 0 Å². The second-order valence-electron chi connectivity index (χ2n) is 5.09. The van der Waals surface area contributed by atoms with E-state index in [0.29, 0.717) is 19.5 Å². The van der Waals surface area contributed by atoms with Gasteiger partial charge in [-0.05, 0) is 25.4 Å². The number of hydrogen-bond donors (Lipinski definition) is 2. The Morgan fingerprint density at radius 2 is 2.05 bits per heavy atom. The summed E-state index contributed by atoms with van der Waals surface area (Å²) in [5.74, 6) is 0.197. The summed E-state index contributed by atoms with van der Waals surface area (Å²) in [6.45, 7) is 2.35. The second-order valence-corrected chi connectivity index (χ2v) is 6.07. The van der Waals surface area contributed by atoms with Gasteiger partial charge in [-0.1, -0.05) is 0 Å². The van der Waals surface area contributed by atoms with Crippen molar-refractivity contribution in [3.63, 3.8) is 0 Å². The number of esters is 1. The minimum absolute atomic E-state index is 0.209. The predicted molar refractivity (Wildman–Crippen MR) is 76.2 cm³/mol. The largest absolute Gasteiger partial charge is 0.468 e. The van der Waals surface area contributed by atoms with Crippen molar-refractivity contribution in [1.82, 2.24) is 10.2 Å². The van der Waals surface area contributed by atoms with Crippen LogP contribution < -0.4 is 11.1 Å². The Balaban J connectivity index is 2.59. The molecule has 1 saturated heterocycles. The Bertz CT molecular complexity index is 396. The Morgan fingerprint density at radius 3 is 2.50 bits per heavy atom. The number of nitrogens with two attached hydrogens (primary N) is 1. The lowest BCUT2D eigenvalue weighted by Crippen LogP contribution is -2.64. The molecule has 0 radical (unpaired) electrons. The van der Waals surface area contributed by atoms with Crippen LogP contribution in [0.1, 0.15) is 13.3 Å². The number of methoxy groups -OCH3 is 1. The minimum atomic E-state index is -0.722. The summed E-state index contributed by atoms with van der Waals surface area (Å²) in [7, 11) is 1.33. The molecule has 3 N–H and O–H groups in total. The van der Waals surface area contributed by atoms with E-state index in [1.165, 1.54) is 12.0 Å². The Morgan fingerprint density at radius 1 is 1.45 bits per heavy atom. The number of urea groups is 1. The lowest BCUT2D eigenvalue weighted by Gasteiger charge is -2.46. The van der Waals surface area contributed by atoms with Crippen LogP contribution in [0.15, 0.2) is 0 Å². The average molecular weight is 303 g/mol. The van der Waals surface area contributed by atoms with E-state index in [1.807, 2.05) is 6.26 Å². The van der Waals surface area contributed by atoms with Gasteiger partial charge in [0.15, 0.2) is 0 Å². The highest BCUT2D eigenvalue weighted by molar-refractivity contribution is 7.98. The van der Waals surface area contributed by atoms with Crippen LogP contribution in [-0.2, 0) is 14.3 Å². The smallest absolute Gasteiger partial charge is 0.315 e. The van der Waals surface area contributed by atoms with Crippen LogP contribution >= 0.6 is 11.8 Å². The first-order valence-electron chi connectivity index (χ1n) is 6.26. The molecule has 1 atom stereocenters. The van der Waals surface area contributed by atoms with Crippen molar-refractivity contribution >= 4 is 29.7 Å². The zero-order valence-corrected chi connectivity index (χ0v) is 12.8. The fourth-order valence-electron chi connectivity index (χ4n) is 2.21. The predicted octanol–water partition coefficient (Wildman–Crippen LogP) is -0.202. The summed E-state index contributed by atoms with van der Waals surface area (Å²) >= 11 is 1.58. The number of thioether (sulfide) groups is 1. The zero-order chi connectivity index (χ0) is 15.3. The summed E-state index contributed by atoms with van der Waals surface area (Å²) in [6, 6.07) is -1.36. The van der Waals surface area contributed by atoms with Crippen LogP contribution in [0, 0.1) is 5.41 Å². The van der Waals surface area contributed by atoms with Gasteiger partial charge < -0.3 is 20.7 Å². The minimum Gasteiger partial charge on any atom is -0.468 e. The molecular formula is C12H21N3O4S. The van der Waals surface area contributed by atoms with Crippen LogP contribution in [0.3, 0.4) is 0 Å². The average Bonchev–Trinajstić information content (AvgIpc) is 2.37. The first kappa shape index (κ1) is 16.6. The Kier molecular flexibility index (Phi) is 5.67. The molecule has 0 aromatic heterocycles. The highest BCUT2D eigenvalue weighted by atomic mass is 32.2. The second kappa shape index (κ2) is 6.83. The first-order valence-corrected chi connectivity index (χ1v) is 7.65. The molecule has 114 valence electrons. The van der Waals surface area contributed by atoms with Crippen LogP contribution in [0.25, 0.3) is 0 Å². The molecule has 8 heteroatoms. The van der Waals surface area contributed by atoms with E-state index in [2.05, 4.69) is 5.32 Å². The molecule has 0 bridgehead atoms. The van der Waals surface area contributed by atoms with E-state index in [-0.39, 0.29) is 11.9 Å². The third-order valence-electron chi connectivity index (χ3n) is 3.29. The van der Waals surface area contributed by atoms with Crippen LogP contribution in [-0.4, -0.2) is 61.1 Å². The van der Waals surface area contributed by atoms with E-state index in [9.17, 15) is 14.4 Å². The van der Waals surface area contributed by atoms with Crippen molar-refractivity contribution < 1.29 is 19.1 Å². The monoisotopic (exact) mass is 303 g/mol. The molecule has 0 aliphatic carbocycles. The molecule has 1 rings (SSSR count). The van der Waals surface area contributed by atoms with Crippen molar-refractivity contribution in [2.24, 2.45) is 11.1 Å². The van der Waals surface area contributed by atoms with Crippen molar-refractivity contribution in [3.05, 3.63) is 0 Å². The summed E-state index contributed by atoms with van der Waals surface area (Å²) in [6.07, 6.45) is 2.43. The Hall–Kier alpha value is -1.44. The quantitative estimate of drug-likeness (QED) is 0.662. The maximum atomic E-state index is 12.3. The normalized spacial score (nSPS) is 17.9. The van der Waals surface area contributed by atoms with E-state index < -0.39 is 17.5 Å². The fourth-order valence-corrected chi connectivity index (χ4v) is 2.68. The van der Waals surface area contributed by atoms with Crippen molar-refractivity contribution in [2.75, 3.05) is 32.2 Å². The molecule has 0 spiro atoms. The maximum absolute atomic E-state index is 12.3. The molecule has 1 aliphatic heterocycles. The number of nitrogens with one attached hydrogen (secondary N) is 1. The molecule has 3 amide bonds. The number of hydrogen-bond acceptors (Lipinski definition) is 5. The lowest BCUT2D eigenvalue weighted by molar-refractivity contribution is -0.167. The molecule has 7 nitrogen and oxygen atoms in total. The summed E-state index contributed by atoms with van der Waals surface area (Å²) in [5, 5.41) is 2.45. The van der Waals surface area contributed by atoms with Gasteiger partial charge >= 0.3 is 12.0 Å². The van der Waals surface area contributed by atoms with Gasteiger partial charge in [0.25, 0.3) is 0 Å². The van der Waals surface area contributed by atoms with Gasteiger partial charge in [0.1, 0.15) is 11.5 Å². The number of ether oxygens (including phenoxy) is 1. The summed E-state index contributed by atoms with van der Waals surface area (Å²) in [5.41, 5.74) is 4.43. The van der Waals surface area contributed by atoms with E-state index in [4.69, 9.17) is 10.5 Å². The standard InChI is InChI=1S/C12H21N3O4S/c1-12(10(17)19-2)6-15(7-12)9(16)8(4-5-20-3)14-11(13)18/h8H,4-7H2,1-3H3,(H3,13,14,18)/t8-/m1/s1. The van der Waals surface area contributed by atoms with Gasteiger partial charge in [-0.25, -0.2) is 4.79 Å². The van der Waals surface area contributed by atoms with Gasteiger partial charge in [0, 0.05) is 13.1 Å². The molecule has 0 saturated carbocycles. The zero-order valence-electron chi connectivity index (χ0n) is 12.0.